The van der Waals surface area contributed by atoms with Gasteiger partial charge in [-0.15, -0.1) is 0 Å². The van der Waals surface area contributed by atoms with Crippen LogP contribution in [0, 0.1) is 0 Å². The largest absolute Gasteiger partial charge is 0.395 e. The van der Waals surface area contributed by atoms with E-state index in [9.17, 15) is 4.79 Å². The van der Waals surface area contributed by atoms with Crippen LogP contribution in [-0.2, 0) is 9.53 Å². The van der Waals surface area contributed by atoms with Crippen LogP contribution in [0.4, 0.5) is 0 Å². The molecule has 0 aromatic rings. The number of carbonyl (C=O) groups excluding carboxylic acids is 1. The lowest BCUT2D eigenvalue weighted by atomic mass is 10.3. The molecule has 0 heterocycles. The Labute approximate surface area is 111 Å². The Kier molecular flexibility index (Phi) is 11.0. The van der Waals surface area contributed by atoms with E-state index in [0.29, 0.717) is 19.7 Å². The van der Waals surface area contributed by atoms with Gasteiger partial charge in [-0.2, -0.15) is 0 Å². The van der Waals surface area contributed by atoms with Crippen LogP contribution in [0.15, 0.2) is 0 Å². The molecular formula is C13H28N2O3. The van der Waals surface area contributed by atoms with Crippen molar-refractivity contribution in [3.63, 3.8) is 0 Å². The van der Waals surface area contributed by atoms with E-state index in [4.69, 9.17) is 9.84 Å². The van der Waals surface area contributed by atoms with Crippen molar-refractivity contribution in [3.05, 3.63) is 0 Å². The van der Waals surface area contributed by atoms with Crippen molar-refractivity contribution in [1.82, 2.24) is 9.80 Å². The highest BCUT2D eigenvalue weighted by molar-refractivity contribution is 5.77. The lowest BCUT2D eigenvalue weighted by molar-refractivity contribution is -0.135. The minimum atomic E-state index is 0.0175. The first-order valence-corrected chi connectivity index (χ1v) is 6.73. The molecule has 0 saturated heterocycles. The van der Waals surface area contributed by atoms with Crippen LogP contribution in [0.1, 0.15) is 26.2 Å². The average molecular weight is 260 g/mol. The molecule has 0 unspecified atom stereocenters. The molecule has 0 radical (unpaired) electrons. The van der Waals surface area contributed by atoms with Gasteiger partial charge in [0.2, 0.25) is 5.91 Å². The van der Waals surface area contributed by atoms with Crippen molar-refractivity contribution >= 4 is 5.91 Å². The van der Waals surface area contributed by atoms with Gasteiger partial charge in [0.05, 0.1) is 6.61 Å². The van der Waals surface area contributed by atoms with Crippen LogP contribution in [0.25, 0.3) is 0 Å². The third kappa shape index (κ3) is 9.39. The molecule has 5 nitrogen and oxygen atoms in total. The Morgan fingerprint density at radius 3 is 2.50 bits per heavy atom. The second-order valence-corrected chi connectivity index (χ2v) is 4.60. The molecule has 1 N–H and O–H groups in total. The van der Waals surface area contributed by atoms with Gasteiger partial charge in [0.25, 0.3) is 0 Å². The van der Waals surface area contributed by atoms with Crippen LogP contribution >= 0.6 is 0 Å². The standard InChI is InChI=1S/C13H28N2O3/c1-4-5-6-11-18-12-13(17)15(3)8-7-14(2)9-10-16/h16H,4-12H2,1-3H3. The van der Waals surface area contributed by atoms with Gasteiger partial charge in [0, 0.05) is 33.3 Å². The number of amides is 1. The van der Waals surface area contributed by atoms with Crippen LogP contribution in [0.2, 0.25) is 0 Å². The van der Waals surface area contributed by atoms with Crippen molar-refractivity contribution < 1.29 is 14.6 Å². The molecule has 108 valence electrons. The Morgan fingerprint density at radius 1 is 1.17 bits per heavy atom. The highest BCUT2D eigenvalue weighted by Crippen LogP contribution is 1.95. The van der Waals surface area contributed by atoms with Crippen LogP contribution in [-0.4, -0.2) is 74.4 Å². The van der Waals surface area contributed by atoms with Gasteiger partial charge in [-0.1, -0.05) is 19.8 Å². The smallest absolute Gasteiger partial charge is 0.248 e. The molecule has 0 aromatic carbocycles. The molecule has 0 aliphatic rings. The Balaban J connectivity index is 3.56. The van der Waals surface area contributed by atoms with Gasteiger partial charge >= 0.3 is 0 Å². The highest BCUT2D eigenvalue weighted by Gasteiger charge is 2.09. The Bertz CT molecular complexity index is 212. The van der Waals surface area contributed by atoms with E-state index in [1.807, 2.05) is 11.9 Å². The number of rotatable bonds is 11. The zero-order chi connectivity index (χ0) is 13.8. The quantitative estimate of drug-likeness (QED) is 0.552. The fraction of sp³-hybridized carbons (Fsp3) is 0.923. The zero-order valence-corrected chi connectivity index (χ0v) is 12.0. The summed E-state index contributed by atoms with van der Waals surface area (Å²) in [6.07, 6.45) is 3.33. The second kappa shape index (κ2) is 11.4. The number of aliphatic hydroxyl groups is 1. The number of ether oxygens (including phenoxy) is 1. The summed E-state index contributed by atoms with van der Waals surface area (Å²) >= 11 is 0. The third-order valence-corrected chi connectivity index (χ3v) is 2.84. The summed E-state index contributed by atoms with van der Waals surface area (Å²) in [6, 6.07) is 0. The summed E-state index contributed by atoms with van der Waals surface area (Å²) in [6.45, 7) is 5.18. The summed E-state index contributed by atoms with van der Waals surface area (Å²) in [5.74, 6) is 0.0175. The van der Waals surface area contributed by atoms with Crippen molar-refractivity contribution in [1.29, 1.82) is 0 Å². The molecule has 0 aliphatic carbocycles. The predicted molar refractivity (Wildman–Crippen MR) is 72.6 cm³/mol. The SMILES string of the molecule is CCCCCOCC(=O)N(C)CCN(C)CCO. The molecule has 0 aliphatic heterocycles. The lowest BCUT2D eigenvalue weighted by Crippen LogP contribution is -2.37. The van der Waals surface area contributed by atoms with Crippen LogP contribution in [0.5, 0.6) is 0 Å². The van der Waals surface area contributed by atoms with Gasteiger partial charge in [-0.05, 0) is 13.5 Å². The summed E-state index contributed by atoms with van der Waals surface area (Å²) in [4.78, 5) is 15.3. The zero-order valence-electron chi connectivity index (χ0n) is 12.0. The van der Waals surface area contributed by atoms with E-state index in [1.54, 1.807) is 11.9 Å². The third-order valence-electron chi connectivity index (χ3n) is 2.84. The molecule has 0 saturated carbocycles. The van der Waals surface area contributed by atoms with Gasteiger partial charge in [-0.3, -0.25) is 4.79 Å². The van der Waals surface area contributed by atoms with Gasteiger partial charge in [-0.25, -0.2) is 0 Å². The number of aliphatic hydroxyl groups excluding tert-OH is 1. The monoisotopic (exact) mass is 260 g/mol. The van der Waals surface area contributed by atoms with E-state index in [0.717, 1.165) is 25.8 Å². The van der Waals surface area contributed by atoms with E-state index in [1.165, 1.54) is 0 Å². The fourth-order valence-electron chi connectivity index (χ4n) is 1.45. The molecule has 0 spiro atoms. The molecule has 0 aromatic heterocycles. The van der Waals surface area contributed by atoms with Crippen molar-refractivity contribution in [2.75, 3.05) is 53.6 Å². The first-order chi connectivity index (χ1) is 8.61. The molecule has 1 amide bonds. The van der Waals surface area contributed by atoms with Gasteiger partial charge in [0.15, 0.2) is 0 Å². The first kappa shape index (κ1) is 17.4. The molecular weight excluding hydrogens is 232 g/mol. The van der Waals surface area contributed by atoms with E-state index >= 15 is 0 Å². The molecule has 0 fully saturated rings. The second-order valence-electron chi connectivity index (χ2n) is 4.60. The van der Waals surface area contributed by atoms with Gasteiger partial charge < -0.3 is 19.6 Å². The number of likely N-dealkylation sites (N-methyl/N-ethyl adjacent to an activating group) is 2. The molecule has 18 heavy (non-hydrogen) atoms. The van der Waals surface area contributed by atoms with Gasteiger partial charge in [0.1, 0.15) is 6.61 Å². The predicted octanol–water partition coefficient (Wildman–Crippen LogP) is 0.576. The number of carbonyl (C=O) groups is 1. The Morgan fingerprint density at radius 2 is 1.89 bits per heavy atom. The lowest BCUT2D eigenvalue weighted by Gasteiger charge is -2.21. The van der Waals surface area contributed by atoms with Crippen LogP contribution < -0.4 is 0 Å². The van der Waals surface area contributed by atoms with E-state index in [2.05, 4.69) is 6.92 Å². The maximum atomic E-state index is 11.7. The number of nitrogens with zero attached hydrogens (tertiary/aromatic N) is 2. The fourth-order valence-corrected chi connectivity index (χ4v) is 1.45. The number of hydrogen-bond donors (Lipinski definition) is 1. The van der Waals surface area contributed by atoms with Crippen LogP contribution in [0.3, 0.4) is 0 Å². The summed E-state index contributed by atoms with van der Waals surface area (Å²) in [5, 5.41) is 8.76. The highest BCUT2D eigenvalue weighted by atomic mass is 16.5. The van der Waals surface area contributed by atoms with E-state index in [-0.39, 0.29) is 19.1 Å². The van der Waals surface area contributed by atoms with Crippen molar-refractivity contribution in [2.24, 2.45) is 0 Å². The van der Waals surface area contributed by atoms with Crippen molar-refractivity contribution in [3.8, 4) is 0 Å². The number of hydrogen-bond acceptors (Lipinski definition) is 4. The normalized spacial score (nSPS) is 10.9. The minimum Gasteiger partial charge on any atom is -0.395 e. The van der Waals surface area contributed by atoms with E-state index < -0.39 is 0 Å². The molecule has 5 heteroatoms. The molecule has 0 bridgehead atoms. The number of unbranched alkanes of at least 4 members (excludes halogenated alkanes) is 2. The summed E-state index contributed by atoms with van der Waals surface area (Å²) < 4.78 is 5.33. The topological polar surface area (TPSA) is 53.0 Å². The molecule has 0 rings (SSSR count). The average Bonchev–Trinajstić information content (AvgIpc) is 2.35. The molecule has 0 atom stereocenters. The minimum absolute atomic E-state index is 0.0175. The first-order valence-electron chi connectivity index (χ1n) is 6.73. The summed E-state index contributed by atoms with van der Waals surface area (Å²) in [7, 11) is 3.71. The summed E-state index contributed by atoms with van der Waals surface area (Å²) in [5.41, 5.74) is 0. The van der Waals surface area contributed by atoms with Crippen molar-refractivity contribution in [2.45, 2.75) is 26.2 Å². The maximum absolute atomic E-state index is 11.7. The Hall–Kier alpha value is -0.650. The maximum Gasteiger partial charge on any atom is 0.248 e.